The van der Waals surface area contributed by atoms with Crippen molar-refractivity contribution in [3.05, 3.63) is 53.1 Å². The highest BCUT2D eigenvalue weighted by Crippen LogP contribution is 2.38. The molecular weight excluding hydrogens is 168 g/mol. The van der Waals surface area contributed by atoms with E-state index in [0.29, 0.717) is 0 Å². The van der Waals surface area contributed by atoms with E-state index in [4.69, 9.17) is 0 Å². The van der Waals surface area contributed by atoms with Crippen LogP contribution in [0, 0.1) is 0 Å². The van der Waals surface area contributed by atoms with Gasteiger partial charge >= 0.3 is 0 Å². The first kappa shape index (κ1) is 8.05. The zero-order valence-corrected chi connectivity index (χ0v) is 8.29. The number of hydrogen-bond donors (Lipinski definition) is 0. The molecule has 0 unspecified atom stereocenters. The molecular formula is C14H14. The van der Waals surface area contributed by atoms with Gasteiger partial charge in [-0.3, -0.25) is 0 Å². The van der Waals surface area contributed by atoms with E-state index in [9.17, 15) is 0 Å². The molecule has 2 aliphatic rings. The molecule has 0 N–H and O–H groups in total. The van der Waals surface area contributed by atoms with E-state index in [1.54, 1.807) is 11.1 Å². The van der Waals surface area contributed by atoms with Crippen LogP contribution in [-0.2, 0) is 6.42 Å². The summed E-state index contributed by atoms with van der Waals surface area (Å²) in [6, 6.07) is 8.87. The third-order valence-electron chi connectivity index (χ3n) is 3.27. The molecule has 2 aliphatic carbocycles. The fourth-order valence-corrected chi connectivity index (χ4v) is 2.57. The molecule has 1 aromatic rings. The lowest BCUT2D eigenvalue weighted by atomic mass is 10.0. The molecule has 0 atom stereocenters. The van der Waals surface area contributed by atoms with Gasteiger partial charge in [-0.05, 0) is 42.4 Å². The van der Waals surface area contributed by atoms with Crippen molar-refractivity contribution in [3.8, 4) is 0 Å². The third-order valence-corrected chi connectivity index (χ3v) is 3.27. The van der Waals surface area contributed by atoms with E-state index in [1.165, 1.54) is 36.8 Å². The first-order valence-corrected chi connectivity index (χ1v) is 5.39. The fraction of sp³-hybridized carbons (Fsp3) is 0.286. The van der Waals surface area contributed by atoms with E-state index < -0.39 is 0 Å². The SMILES string of the molecule is C1=CCC2=C(CC1)c1ccccc1C2. The minimum absolute atomic E-state index is 1.17. The lowest BCUT2D eigenvalue weighted by Gasteiger charge is -2.03. The second-order valence-electron chi connectivity index (χ2n) is 4.13. The first-order valence-electron chi connectivity index (χ1n) is 5.39. The monoisotopic (exact) mass is 182 g/mol. The van der Waals surface area contributed by atoms with Crippen LogP contribution in [-0.4, -0.2) is 0 Å². The van der Waals surface area contributed by atoms with Gasteiger partial charge < -0.3 is 0 Å². The standard InChI is InChI=1S/C14H14/c1-2-6-11-10-12-7-4-5-9-14(12)13(11)8-3-1/h1-2,4-5,7,9H,3,6,8,10H2. The molecule has 1 aromatic carbocycles. The summed E-state index contributed by atoms with van der Waals surface area (Å²) in [6.45, 7) is 0. The van der Waals surface area contributed by atoms with Crippen LogP contribution in [0.4, 0.5) is 0 Å². The lowest BCUT2D eigenvalue weighted by molar-refractivity contribution is 1.07. The molecule has 0 aliphatic heterocycles. The molecule has 0 saturated carbocycles. The summed E-state index contributed by atoms with van der Waals surface area (Å²) in [4.78, 5) is 0. The van der Waals surface area contributed by atoms with Gasteiger partial charge in [-0.25, -0.2) is 0 Å². The van der Waals surface area contributed by atoms with Gasteiger partial charge in [0.1, 0.15) is 0 Å². The zero-order chi connectivity index (χ0) is 9.38. The minimum atomic E-state index is 1.17. The molecule has 0 saturated heterocycles. The van der Waals surface area contributed by atoms with Crippen molar-refractivity contribution in [2.24, 2.45) is 0 Å². The van der Waals surface area contributed by atoms with Gasteiger partial charge in [-0.2, -0.15) is 0 Å². The smallest absolute Gasteiger partial charge is 0.00519 e. The number of benzene rings is 1. The Morgan fingerprint density at radius 3 is 2.93 bits per heavy atom. The minimum Gasteiger partial charge on any atom is -0.0879 e. The Balaban J connectivity index is 2.08. The van der Waals surface area contributed by atoms with Crippen LogP contribution in [0.25, 0.3) is 5.57 Å². The number of fused-ring (bicyclic) bond motifs is 2. The van der Waals surface area contributed by atoms with Crippen molar-refractivity contribution < 1.29 is 0 Å². The Hall–Kier alpha value is -1.30. The van der Waals surface area contributed by atoms with Crippen molar-refractivity contribution in [3.63, 3.8) is 0 Å². The Morgan fingerprint density at radius 1 is 1.00 bits per heavy atom. The lowest BCUT2D eigenvalue weighted by Crippen LogP contribution is -1.83. The van der Waals surface area contributed by atoms with E-state index in [-0.39, 0.29) is 0 Å². The molecule has 3 rings (SSSR count). The average molecular weight is 182 g/mol. The first-order chi connectivity index (χ1) is 6.95. The summed E-state index contributed by atoms with van der Waals surface area (Å²) in [5.41, 5.74) is 6.34. The van der Waals surface area contributed by atoms with Crippen molar-refractivity contribution in [1.29, 1.82) is 0 Å². The Labute approximate surface area is 85.0 Å². The Morgan fingerprint density at radius 2 is 1.93 bits per heavy atom. The van der Waals surface area contributed by atoms with Gasteiger partial charge in [0.2, 0.25) is 0 Å². The van der Waals surface area contributed by atoms with Gasteiger partial charge in [-0.1, -0.05) is 42.0 Å². The van der Waals surface area contributed by atoms with E-state index in [0.717, 1.165) is 0 Å². The van der Waals surface area contributed by atoms with Crippen molar-refractivity contribution >= 4 is 5.57 Å². The molecule has 0 nitrogen and oxygen atoms in total. The second kappa shape index (κ2) is 3.13. The Bertz CT molecular complexity index is 421. The topological polar surface area (TPSA) is 0 Å². The third kappa shape index (κ3) is 1.14. The summed E-state index contributed by atoms with van der Waals surface area (Å²) in [5.74, 6) is 0. The molecule has 14 heavy (non-hydrogen) atoms. The number of rotatable bonds is 0. The fourth-order valence-electron chi connectivity index (χ4n) is 2.57. The highest BCUT2D eigenvalue weighted by molar-refractivity contribution is 5.77. The summed E-state index contributed by atoms with van der Waals surface area (Å²) in [7, 11) is 0. The summed E-state index contributed by atoms with van der Waals surface area (Å²) in [6.07, 6.45) is 9.46. The summed E-state index contributed by atoms with van der Waals surface area (Å²) < 4.78 is 0. The largest absolute Gasteiger partial charge is 0.0879 e. The van der Waals surface area contributed by atoms with Crippen LogP contribution in [0.15, 0.2) is 42.0 Å². The van der Waals surface area contributed by atoms with Crippen LogP contribution in [0.3, 0.4) is 0 Å². The zero-order valence-electron chi connectivity index (χ0n) is 8.29. The number of allylic oxidation sites excluding steroid dienone is 4. The van der Waals surface area contributed by atoms with Gasteiger partial charge in [-0.15, -0.1) is 0 Å². The van der Waals surface area contributed by atoms with Gasteiger partial charge in [0, 0.05) is 0 Å². The van der Waals surface area contributed by atoms with E-state index in [2.05, 4.69) is 36.4 Å². The maximum atomic E-state index is 2.33. The van der Waals surface area contributed by atoms with Crippen molar-refractivity contribution in [1.82, 2.24) is 0 Å². The van der Waals surface area contributed by atoms with E-state index in [1.807, 2.05) is 0 Å². The van der Waals surface area contributed by atoms with Crippen molar-refractivity contribution in [2.45, 2.75) is 25.7 Å². The molecule has 0 radical (unpaired) electrons. The van der Waals surface area contributed by atoms with E-state index >= 15 is 0 Å². The molecule has 0 amide bonds. The van der Waals surface area contributed by atoms with Crippen LogP contribution in [0.2, 0.25) is 0 Å². The van der Waals surface area contributed by atoms with Gasteiger partial charge in [0.15, 0.2) is 0 Å². The number of hydrogen-bond acceptors (Lipinski definition) is 0. The predicted molar refractivity (Wildman–Crippen MR) is 60.1 cm³/mol. The molecule has 0 heteroatoms. The van der Waals surface area contributed by atoms with Crippen LogP contribution >= 0.6 is 0 Å². The quantitative estimate of drug-likeness (QED) is 0.536. The highest BCUT2D eigenvalue weighted by atomic mass is 14.2. The van der Waals surface area contributed by atoms with Crippen LogP contribution in [0.5, 0.6) is 0 Å². The normalized spacial score (nSPS) is 19.1. The molecule has 0 heterocycles. The maximum absolute atomic E-state index is 2.33. The van der Waals surface area contributed by atoms with Gasteiger partial charge in [0.05, 0.1) is 0 Å². The molecule has 70 valence electrons. The predicted octanol–water partition coefficient (Wildman–Crippen LogP) is 3.74. The maximum Gasteiger partial charge on any atom is -0.00519 e. The summed E-state index contributed by atoms with van der Waals surface area (Å²) in [5, 5.41) is 0. The second-order valence-corrected chi connectivity index (χ2v) is 4.13. The van der Waals surface area contributed by atoms with Crippen LogP contribution < -0.4 is 0 Å². The van der Waals surface area contributed by atoms with Crippen LogP contribution in [0.1, 0.15) is 30.4 Å². The molecule has 0 aromatic heterocycles. The highest BCUT2D eigenvalue weighted by Gasteiger charge is 2.20. The van der Waals surface area contributed by atoms with Crippen molar-refractivity contribution in [2.75, 3.05) is 0 Å². The Kier molecular flexibility index (Phi) is 1.80. The average Bonchev–Trinajstić information content (AvgIpc) is 2.42. The summed E-state index contributed by atoms with van der Waals surface area (Å²) >= 11 is 0. The molecule has 0 bridgehead atoms. The molecule has 0 fully saturated rings. The molecule has 0 spiro atoms. The van der Waals surface area contributed by atoms with Gasteiger partial charge in [0.25, 0.3) is 0 Å².